The quantitative estimate of drug-likeness (QED) is 0.536. The molecule has 0 aliphatic carbocycles. The highest BCUT2D eigenvalue weighted by Crippen LogP contribution is 2.32. The zero-order valence-electron chi connectivity index (χ0n) is 17.0. The number of morpholine rings is 1. The molecule has 2 aliphatic rings. The summed E-state index contributed by atoms with van der Waals surface area (Å²) in [5, 5.41) is 11.7. The van der Waals surface area contributed by atoms with Crippen molar-refractivity contribution < 1.29 is 23.6 Å². The van der Waals surface area contributed by atoms with Gasteiger partial charge >= 0.3 is 0 Å². The number of hydrogen-bond donors (Lipinski definition) is 0. The van der Waals surface area contributed by atoms with Crippen LogP contribution < -0.4 is 9.64 Å². The second-order valence-corrected chi connectivity index (χ2v) is 7.62. The Labute approximate surface area is 179 Å². The van der Waals surface area contributed by atoms with Gasteiger partial charge in [-0.05, 0) is 36.4 Å². The van der Waals surface area contributed by atoms with Crippen LogP contribution in [-0.2, 0) is 4.74 Å². The molecule has 31 heavy (non-hydrogen) atoms. The summed E-state index contributed by atoms with van der Waals surface area (Å²) in [7, 11) is 0. The lowest BCUT2D eigenvalue weighted by Gasteiger charge is -2.33. The average molecular weight is 429 g/mol. The van der Waals surface area contributed by atoms with Crippen molar-refractivity contribution in [1.29, 1.82) is 0 Å². The minimum atomic E-state index is -0.438. The maximum Gasteiger partial charge on any atom is 0.293 e. The number of nitro benzene ring substituents is 1. The van der Waals surface area contributed by atoms with Crippen LogP contribution >= 0.6 is 0 Å². The van der Waals surface area contributed by atoms with E-state index in [1.54, 1.807) is 29.2 Å². The summed E-state index contributed by atoms with van der Waals surface area (Å²) < 4.78 is 24.2. The molecule has 0 spiro atoms. The number of nitrogens with zero attached hydrogens (tertiary/aromatic N) is 3. The summed E-state index contributed by atoms with van der Waals surface area (Å²) in [6.45, 7) is 3.08. The van der Waals surface area contributed by atoms with Gasteiger partial charge in [-0.1, -0.05) is 0 Å². The molecule has 2 aromatic carbocycles. The number of rotatable bonds is 5. The molecule has 0 atom stereocenters. The second-order valence-electron chi connectivity index (χ2n) is 7.62. The van der Waals surface area contributed by atoms with E-state index in [-0.39, 0.29) is 23.5 Å². The lowest BCUT2D eigenvalue weighted by molar-refractivity contribution is -0.384. The molecule has 2 heterocycles. The number of ether oxygens (including phenoxy) is 2. The predicted octanol–water partition coefficient (Wildman–Crippen LogP) is 3.25. The van der Waals surface area contributed by atoms with E-state index >= 15 is 0 Å². The standard InChI is InChI=1S/C22H24FN3O5/c23-17-2-4-18(5-3-17)31-19-7-9-24(10-8-19)20-6-1-16(15-21(20)26(28)29)22(27)25-11-13-30-14-12-25/h1-6,15,19H,7-14H2. The number of halogens is 1. The molecule has 1 amide bonds. The van der Waals surface area contributed by atoms with Crippen molar-refractivity contribution in [2.45, 2.75) is 18.9 Å². The topological polar surface area (TPSA) is 85.2 Å². The highest BCUT2D eigenvalue weighted by Gasteiger charge is 2.28. The van der Waals surface area contributed by atoms with Crippen molar-refractivity contribution in [1.82, 2.24) is 4.90 Å². The molecule has 0 bridgehead atoms. The smallest absolute Gasteiger partial charge is 0.293 e. The van der Waals surface area contributed by atoms with Crippen LogP contribution in [0.5, 0.6) is 5.75 Å². The van der Waals surface area contributed by atoms with Gasteiger partial charge in [-0.15, -0.1) is 0 Å². The molecule has 164 valence electrons. The molecule has 2 fully saturated rings. The normalized spacial score (nSPS) is 17.5. The first-order chi connectivity index (χ1) is 15.0. The van der Waals surface area contributed by atoms with Gasteiger partial charge in [-0.25, -0.2) is 4.39 Å². The van der Waals surface area contributed by atoms with Gasteiger partial charge < -0.3 is 19.3 Å². The maximum absolute atomic E-state index is 13.0. The van der Waals surface area contributed by atoms with E-state index < -0.39 is 4.92 Å². The summed E-state index contributed by atoms with van der Waals surface area (Å²) >= 11 is 0. The second kappa shape index (κ2) is 9.30. The van der Waals surface area contributed by atoms with E-state index in [0.29, 0.717) is 69.2 Å². The predicted molar refractivity (Wildman–Crippen MR) is 112 cm³/mol. The first-order valence-corrected chi connectivity index (χ1v) is 10.3. The summed E-state index contributed by atoms with van der Waals surface area (Å²) in [6, 6.07) is 10.6. The molecule has 0 radical (unpaired) electrons. The number of benzene rings is 2. The van der Waals surface area contributed by atoms with Crippen molar-refractivity contribution >= 4 is 17.3 Å². The van der Waals surface area contributed by atoms with Gasteiger partial charge in [-0.3, -0.25) is 14.9 Å². The molecular weight excluding hydrogens is 405 g/mol. The van der Waals surface area contributed by atoms with Crippen LogP contribution in [0.2, 0.25) is 0 Å². The fraction of sp³-hybridized carbons (Fsp3) is 0.409. The third-order valence-electron chi connectivity index (χ3n) is 5.62. The number of carbonyl (C=O) groups excluding carboxylic acids is 1. The summed E-state index contributed by atoms with van der Waals surface area (Å²) in [5.41, 5.74) is 0.743. The fourth-order valence-corrected chi connectivity index (χ4v) is 3.94. The van der Waals surface area contributed by atoms with Crippen LogP contribution in [0.3, 0.4) is 0 Å². The first-order valence-electron chi connectivity index (χ1n) is 10.3. The van der Waals surface area contributed by atoms with E-state index in [1.165, 1.54) is 18.2 Å². The van der Waals surface area contributed by atoms with E-state index in [2.05, 4.69) is 0 Å². The monoisotopic (exact) mass is 429 g/mol. The Balaban J connectivity index is 1.43. The van der Waals surface area contributed by atoms with Crippen LogP contribution in [0.25, 0.3) is 0 Å². The van der Waals surface area contributed by atoms with Gasteiger partial charge in [0.05, 0.1) is 18.1 Å². The largest absolute Gasteiger partial charge is 0.490 e. The van der Waals surface area contributed by atoms with Crippen LogP contribution in [-0.4, -0.2) is 61.2 Å². The first kappa shape index (κ1) is 21.0. The number of hydrogen-bond acceptors (Lipinski definition) is 6. The Morgan fingerprint density at radius 3 is 2.39 bits per heavy atom. The summed E-state index contributed by atoms with van der Waals surface area (Å²) in [4.78, 5) is 27.6. The maximum atomic E-state index is 13.0. The molecule has 0 aromatic heterocycles. The molecular formula is C22H24FN3O5. The van der Waals surface area contributed by atoms with Gasteiger partial charge in [-0.2, -0.15) is 0 Å². The van der Waals surface area contributed by atoms with E-state index in [0.717, 1.165) is 0 Å². The minimum Gasteiger partial charge on any atom is -0.490 e. The zero-order valence-corrected chi connectivity index (χ0v) is 17.0. The van der Waals surface area contributed by atoms with Crippen LogP contribution in [0, 0.1) is 15.9 Å². The molecule has 2 aromatic rings. The number of anilines is 1. The lowest BCUT2D eigenvalue weighted by atomic mass is 10.0. The van der Waals surface area contributed by atoms with Crippen molar-refractivity contribution in [2.24, 2.45) is 0 Å². The lowest BCUT2D eigenvalue weighted by Crippen LogP contribution is -2.41. The van der Waals surface area contributed by atoms with Crippen molar-refractivity contribution in [3.05, 3.63) is 64.0 Å². The van der Waals surface area contributed by atoms with Crippen molar-refractivity contribution in [3.8, 4) is 5.75 Å². The number of piperidine rings is 1. The molecule has 2 aliphatic heterocycles. The third-order valence-corrected chi connectivity index (χ3v) is 5.62. The summed E-state index contributed by atoms with van der Waals surface area (Å²) in [6.07, 6.45) is 1.33. The van der Waals surface area contributed by atoms with Crippen molar-refractivity contribution in [2.75, 3.05) is 44.3 Å². The zero-order chi connectivity index (χ0) is 21.8. The molecule has 0 N–H and O–H groups in total. The van der Waals surface area contributed by atoms with Gasteiger partial charge in [0.1, 0.15) is 23.4 Å². The summed E-state index contributed by atoms with van der Waals surface area (Å²) in [5.74, 6) is 0.0752. The molecule has 0 saturated carbocycles. The van der Waals surface area contributed by atoms with Crippen LogP contribution in [0.4, 0.5) is 15.8 Å². The molecule has 9 heteroatoms. The van der Waals surface area contributed by atoms with Gasteiger partial charge in [0.25, 0.3) is 11.6 Å². The Morgan fingerprint density at radius 2 is 1.74 bits per heavy atom. The molecule has 4 rings (SSSR count). The van der Waals surface area contributed by atoms with Gasteiger partial charge in [0.15, 0.2) is 0 Å². The molecule has 2 saturated heterocycles. The Bertz CT molecular complexity index is 939. The third kappa shape index (κ3) is 4.93. The number of nitro groups is 1. The average Bonchev–Trinajstić information content (AvgIpc) is 2.81. The highest BCUT2D eigenvalue weighted by molar-refractivity contribution is 5.96. The van der Waals surface area contributed by atoms with Crippen LogP contribution in [0.15, 0.2) is 42.5 Å². The van der Waals surface area contributed by atoms with Crippen molar-refractivity contribution in [3.63, 3.8) is 0 Å². The fourth-order valence-electron chi connectivity index (χ4n) is 3.94. The van der Waals surface area contributed by atoms with Crippen LogP contribution in [0.1, 0.15) is 23.2 Å². The Hall–Kier alpha value is -3.20. The molecule has 0 unspecified atom stereocenters. The van der Waals surface area contributed by atoms with E-state index in [4.69, 9.17) is 9.47 Å². The van der Waals surface area contributed by atoms with E-state index in [1.807, 2.05) is 4.90 Å². The SMILES string of the molecule is O=C(c1ccc(N2CCC(Oc3ccc(F)cc3)CC2)c([N+](=O)[O-])c1)N1CCOCC1. The van der Waals surface area contributed by atoms with Gasteiger partial charge in [0, 0.05) is 50.7 Å². The minimum absolute atomic E-state index is 0.0389. The number of amides is 1. The number of carbonyl (C=O) groups is 1. The molecule has 8 nitrogen and oxygen atoms in total. The van der Waals surface area contributed by atoms with Gasteiger partial charge in [0.2, 0.25) is 0 Å². The van der Waals surface area contributed by atoms with E-state index in [9.17, 15) is 19.3 Å². The Kier molecular flexibility index (Phi) is 6.31. The Morgan fingerprint density at radius 1 is 1.06 bits per heavy atom. The highest BCUT2D eigenvalue weighted by atomic mass is 19.1.